The predicted octanol–water partition coefficient (Wildman–Crippen LogP) is 0.554. The molecule has 0 radical (unpaired) electrons. The largest absolute Gasteiger partial charge is 0.480 e. The first-order valence-corrected chi connectivity index (χ1v) is 4.68. The van der Waals surface area contributed by atoms with Crippen molar-refractivity contribution in [2.75, 3.05) is 19.7 Å². The topological polar surface area (TPSA) is 60.8 Å². The Bertz CT molecular complexity index is 150. The molecule has 0 aliphatic rings. The number of hydrogen-bond donors (Lipinski definition) is 2. The molecule has 0 bridgehead atoms. The van der Waals surface area contributed by atoms with Gasteiger partial charge in [0.05, 0.1) is 6.54 Å². The molecule has 1 unspecified atom stereocenters. The smallest absolute Gasteiger partial charge is 0.317 e. The Hall–Kier alpha value is -0.610. The van der Waals surface area contributed by atoms with E-state index in [1.807, 2.05) is 18.7 Å². The standard InChI is InChI=1S/C9H19NO3/c1-3-8(2)10(5-4-6-11)7-9(12)13/h8,11H,3-7H2,1-2H3,(H,12,13). The molecule has 0 saturated heterocycles. The molecule has 0 aromatic heterocycles. The summed E-state index contributed by atoms with van der Waals surface area (Å²) in [5.41, 5.74) is 0. The van der Waals surface area contributed by atoms with Crippen molar-refractivity contribution in [3.8, 4) is 0 Å². The van der Waals surface area contributed by atoms with Crippen LogP contribution in [0.2, 0.25) is 0 Å². The van der Waals surface area contributed by atoms with Crippen LogP contribution in [0.4, 0.5) is 0 Å². The van der Waals surface area contributed by atoms with Crippen molar-refractivity contribution in [1.29, 1.82) is 0 Å². The molecule has 0 spiro atoms. The molecular formula is C9H19NO3. The summed E-state index contributed by atoms with van der Waals surface area (Å²) < 4.78 is 0. The molecular weight excluding hydrogens is 170 g/mol. The average molecular weight is 189 g/mol. The van der Waals surface area contributed by atoms with Crippen LogP contribution in [0, 0.1) is 0 Å². The van der Waals surface area contributed by atoms with E-state index in [0.29, 0.717) is 13.0 Å². The van der Waals surface area contributed by atoms with E-state index in [4.69, 9.17) is 10.2 Å². The van der Waals surface area contributed by atoms with Gasteiger partial charge in [0, 0.05) is 19.2 Å². The summed E-state index contributed by atoms with van der Waals surface area (Å²) in [4.78, 5) is 12.4. The number of carboxylic acids is 1. The van der Waals surface area contributed by atoms with Gasteiger partial charge >= 0.3 is 5.97 Å². The zero-order valence-corrected chi connectivity index (χ0v) is 8.36. The molecule has 0 aromatic rings. The summed E-state index contributed by atoms with van der Waals surface area (Å²) in [6, 6.07) is 0.266. The normalized spacial score (nSPS) is 13.2. The van der Waals surface area contributed by atoms with E-state index in [-0.39, 0.29) is 19.2 Å². The van der Waals surface area contributed by atoms with Gasteiger partial charge in [0.25, 0.3) is 0 Å². The van der Waals surface area contributed by atoms with Crippen LogP contribution in [-0.4, -0.2) is 46.8 Å². The molecule has 2 N–H and O–H groups in total. The molecule has 1 atom stereocenters. The molecule has 0 aliphatic carbocycles. The summed E-state index contributed by atoms with van der Waals surface area (Å²) >= 11 is 0. The lowest BCUT2D eigenvalue weighted by Crippen LogP contribution is -2.38. The van der Waals surface area contributed by atoms with E-state index in [2.05, 4.69) is 0 Å². The fourth-order valence-electron chi connectivity index (χ4n) is 1.16. The van der Waals surface area contributed by atoms with Crippen molar-refractivity contribution in [3.63, 3.8) is 0 Å². The van der Waals surface area contributed by atoms with Crippen molar-refractivity contribution in [1.82, 2.24) is 4.90 Å². The Kier molecular flexibility index (Phi) is 6.54. The zero-order chi connectivity index (χ0) is 10.3. The summed E-state index contributed by atoms with van der Waals surface area (Å²) in [7, 11) is 0. The molecule has 78 valence electrons. The van der Waals surface area contributed by atoms with Gasteiger partial charge in [0.1, 0.15) is 0 Å². The fraction of sp³-hybridized carbons (Fsp3) is 0.889. The summed E-state index contributed by atoms with van der Waals surface area (Å²) in [5.74, 6) is -0.807. The minimum absolute atomic E-state index is 0.0645. The lowest BCUT2D eigenvalue weighted by Gasteiger charge is -2.26. The lowest BCUT2D eigenvalue weighted by molar-refractivity contribution is -0.138. The third kappa shape index (κ3) is 5.60. The first-order chi connectivity index (χ1) is 6.11. The van der Waals surface area contributed by atoms with Crippen molar-refractivity contribution in [2.45, 2.75) is 32.7 Å². The van der Waals surface area contributed by atoms with Gasteiger partial charge in [0.2, 0.25) is 0 Å². The maximum absolute atomic E-state index is 10.5. The van der Waals surface area contributed by atoms with Crippen LogP contribution in [0.25, 0.3) is 0 Å². The zero-order valence-electron chi connectivity index (χ0n) is 8.36. The van der Waals surface area contributed by atoms with Gasteiger partial charge in [-0.2, -0.15) is 0 Å². The second kappa shape index (κ2) is 6.86. The Morgan fingerprint density at radius 3 is 2.54 bits per heavy atom. The van der Waals surface area contributed by atoms with E-state index in [0.717, 1.165) is 6.42 Å². The molecule has 0 fully saturated rings. The van der Waals surface area contributed by atoms with Crippen LogP contribution in [0.1, 0.15) is 26.7 Å². The molecule has 0 saturated carbocycles. The molecule has 0 rings (SSSR count). The lowest BCUT2D eigenvalue weighted by atomic mass is 10.2. The van der Waals surface area contributed by atoms with E-state index in [1.54, 1.807) is 0 Å². The van der Waals surface area contributed by atoms with E-state index in [1.165, 1.54) is 0 Å². The van der Waals surface area contributed by atoms with Crippen molar-refractivity contribution in [2.24, 2.45) is 0 Å². The van der Waals surface area contributed by atoms with Crippen LogP contribution >= 0.6 is 0 Å². The first-order valence-electron chi connectivity index (χ1n) is 4.68. The second-order valence-corrected chi connectivity index (χ2v) is 3.20. The number of aliphatic carboxylic acids is 1. The fourth-order valence-corrected chi connectivity index (χ4v) is 1.16. The molecule has 13 heavy (non-hydrogen) atoms. The highest BCUT2D eigenvalue weighted by Crippen LogP contribution is 2.03. The van der Waals surface area contributed by atoms with Gasteiger partial charge in [-0.1, -0.05) is 6.92 Å². The van der Waals surface area contributed by atoms with Gasteiger partial charge in [-0.3, -0.25) is 9.69 Å². The van der Waals surface area contributed by atoms with E-state index in [9.17, 15) is 4.79 Å². The number of aliphatic hydroxyl groups is 1. The number of carboxylic acid groups (broad SMARTS) is 1. The third-order valence-electron chi connectivity index (χ3n) is 2.16. The Morgan fingerprint density at radius 2 is 2.15 bits per heavy atom. The van der Waals surface area contributed by atoms with Gasteiger partial charge < -0.3 is 10.2 Å². The number of hydrogen-bond acceptors (Lipinski definition) is 3. The number of carbonyl (C=O) groups is 1. The van der Waals surface area contributed by atoms with Crippen molar-refractivity contribution < 1.29 is 15.0 Å². The summed E-state index contributed by atoms with van der Waals surface area (Å²) in [6.45, 7) is 4.86. The summed E-state index contributed by atoms with van der Waals surface area (Å²) in [6.07, 6.45) is 1.57. The Morgan fingerprint density at radius 1 is 1.54 bits per heavy atom. The van der Waals surface area contributed by atoms with Gasteiger partial charge in [0.15, 0.2) is 0 Å². The van der Waals surface area contributed by atoms with Crippen LogP contribution in [0.15, 0.2) is 0 Å². The van der Waals surface area contributed by atoms with Crippen LogP contribution in [-0.2, 0) is 4.79 Å². The number of aliphatic hydroxyl groups excluding tert-OH is 1. The highest BCUT2D eigenvalue weighted by Gasteiger charge is 2.14. The van der Waals surface area contributed by atoms with Gasteiger partial charge in [-0.05, 0) is 19.8 Å². The summed E-state index contributed by atoms with van der Waals surface area (Å²) in [5, 5.41) is 17.3. The minimum Gasteiger partial charge on any atom is -0.480 e. The highest BCUT2D eigenvalue weighted by molar-refractivity contribution is 5.69. The second-order valence-electron chi connectivity index (χ2n) is 3.20. The minimum atomic E-state index is -0.807. The predicted molar refractivity (Wildman–Crippen MR) is 50.7 cm³/mol. The van der Waals surface area contributed by atoms with Crippen molar-refractivity contribution in [3.05, 3.63) is 0 Å². The van der Waals surface area contributed by atoms with E-state index >= 15 is 0 Å². The monoisotopic (exact) mass is 189 g/mol. The van der Waals surface area contributed by atoms with Crippen molar-refractivity contribution >= 4 is 5.97 Å². The van der Waals surface area contributed by atoms with Crippen LogP contribution < -0.4 is 0 Å². The molecule has 0 aliphatic heterocycles. The van der Waals surface area contributed by atoms with Gasteiger partial charge in [-0.15, -0.1) is 0 Å². The maximum atomic E-state index is 10.5. The average Bonchev–Trinajstić information content (AvgIpc) is 2.10. The van der Waals surface area contributed by atoms with Crippen LogP contribution in [0.5, 0.6) is 0 Å². The third-order valence-corrected chi connectivity index (χ3v) is 2.16. The number of rotatable bonds is 7. The van der Waals surface area contributed by atoms with Crippen LogP contribution in [0.3, 0.4) is 0 Å². The Balaban J connectivity index is 3.94. The molecule has 4 heteroatoms. The molecule has 0 amide bonds. The number of nitrogens with zero attached hydrogens (tertiary/aromatic N) is 1. The highest BCUT2D eigenvalue weighted by atomic mass is 16.4. The quantitative estimate of drug-likeness (QED) is 0.614. The SMILES string of the molecule is CCC(C)N(CCCO)CC(=O)O. The molecule has 0 aromatic carbocycles. The van der Waals surface area contributed by atoms with E-state index < -0.39 is 5.97 Å². The molecule has 4 nitrogen and oxygen atoms in total. The molecule has 0 heterocycles. The maximum Gasteiger partial charge on any atom is 0.317 e. The Labute approximate surface area is 79.2 Å². The van der Waals surface area contributed by atoms with Gasteiger partial charge in [-0.25, -0.2) is 0 Å². The first kappa shape index (κ1) is 12.4.